The van der Waals surface area contributed by atoms with Crippen molar-refractivity contribution in [3.8, 4) is 0 Å². The molecule has 0 aromatic carbocycles. The van der Waals surface area contributed by atoms with Gasteiger partial charge in [0, 0.05) is 0 Å². The van der Waals surface area contributed by atoms with E-state index in [0.717, 1.165) is 26.1 Å². The van der Waals surface area contributed by atoms with Gasteiger partial charge in [-0.25, -0.2) is 0 Å². The summed E-state index contributed by atoms with van der Waals surface area (Å²) in [5.41, 5.74) is 0. The number of rotatable bonds is 9. The molecular formula is C11H21MoN2O2. The second-order valence-corrected chi connectivity index (χ2v) is 5.21. The molecule has 0 aromatic heterocycles. The van der Waals surface area contributed by atoms with Gasteiger partial charge in [0.25, 0.3) is 0 Å². The van der Waals surface area contributed by atoms with Crippen molar-refractivity contribution in [2.45, 2.75) is 20.3 Å². The molecule has 0 aliphatic heterocycles. The SMILES string of the molecule is CCCN(C)CCN(CC(C)=O)C[C](=O)[Mo]. The van der Waals surface area contributed by atoms with Crippen LogP contribution in [0, 0.1) is 0 Å². The molecule has 93 valence electrons. The first kappa shape index (κ1) is 15.9. The minimum absolute atomic E-state index is 0.112. The molecule has 0 spiro atoms. The quantitative estimate of drug-likeness (QED) is 0.574. The fourth-order valence-electron chi connectivity index (χ4n) is 1.52. The Hall–Kier alpha value is -0.0517. The Balaban J connectivity index is 3.99. The number of likely N-dealkylation sites (N-methyl/N-ethyl adjacent to an activating group) is 1. The van der Waals surface area contributed by atoms with E-state index < -0.39 is 0 Å². The van der Waals surface area contributed by atoms with Crippen LogP contribution < -0.4 is 0 Å². The predicted octanol–water partition coefficient (Wildman–Crippen LogP) is 0.293. The molecule has 0 N–H and O–H groups in total. The summed E-state index contributed by atoms with van der Waals surface area (Å²) < 4.78 is 0.121. The second-order valence-electron chi connectivity index (χ2n) is 4.09. The van der Waals surface area contributed by atoms with Gasteiger partial charge in [0.05, 0.1) is 0 Å². The third kappa shape index (κ3) is 9.19. The van der Waals surface area contributed by atoms with Crippen LogP contribution in [0.15, 0.2) is 0 Å². The van der Waals surface area contributed by atoms with E-state index in [1.54, 1.807) is 6.92 Å². The third-order valence-electron chi connectivity index (χ3n) is 2.20. The van der Waals surface area contributed by atoms with Crippen molar-refractivity contribution in [2.75, 3.05) is 39.8 Å². The van der Waals surface area contributed by atoms with Crippen molar-refractivity contribution in [1.29, 1.82) is 0 Å². The van der Waals surface area contributed by atoms with Crippen LogP contribution in [0.4, 0.5) is 0 Å². The van der Waals surface area contributed by atoms with Gasteiger partial charge in [0.1, 0.15) is 0 Å². The van der Waals surface area contributed by atoms with Gasteiger partial charge in [-0.05, 0) is 0 Å². The number of carbonyl (C=O) groups excluding carboxylic acids is 2. The number of hydrogen-bond donors (Lipinski definition) is 0. The van der Waals surface area contributed by atoms with E-state index in [1.165, 1.54) is 19.8 Å². The Morgan fingerprint density at radius 1 is 1.12 bits per heavy atom. The van der Waals surface area contributed by atoms with Crippen LogP contribution in [-0.2, 0) is 29.4 Å². The predicted molar refractivity (Wildman–Crippen MR) is 59.9 cm³/mol. The van der Waals surface area contributed by atoms with Gasteiger partial charge >= 0.3 is 109 Å². The number of ketones is 1. The third-order valence-corrected chi connectivity index (χ3v) is 2.52. The van der Waals surface area contributed by atoms with Gasteiger partial charge in [-0.2, -0.15) is 0 Å². The molecule has 0 rings (SSSR count). The molecule has 0 unspecified atom stereocenters. The molecule has 0 heterocycles. The minimum atomic E-state index is 0.112. The van der Waals surface area contributed by atoms with Crippen molar-refractivity contribution in [2.24, 2.45) is 0 Å². The van der Waals surface area contributed by atoms with E-state index in [1.807, 2.05) is 4.90 Å². The standard InChI is InChI=1S/C11H21N2O2.Mo/c1-4-5-12(3)6-7-13(8-9-14)10-11(2)15;/h4-8,10H2,1-3H3;. The Morgan fingerprint density at radius 3 is 2.19 bits per heavy atom. The van der Waals surface area contributed by atoms with Crippen LogP contribution >= 0.6 is 0 Å². The second kappa shape index (κ2) is 9.03. The number of hydrogen-bond acceptors (Lipinski definition) is 4. The first-order valence-corrected chi connectivity index (χ1v) is 6.56. The maximum absolute atomic E-state index is 11.0. The van der Waals surface area contributed by atoms with E-state index in [0.29, 0.717) is 13.1 Å². The van der Waals surface area contributed by atoms with Crippen LogP contribution in [0.5, 0.6) is 0 Å². The summed E-state index contributed by atoms with van der Waals surface area (Å²) in [5, 5.41) is 0. The molecule has 0 aromatic rings. The molecule has 0 fully saturated rings. The van der Waals surface area contributed by atoms with E-state index in [-0.39, 0.29) is 9.96 Å². The zero-order valence-corrected chi connectivity index (χ0v) is 12.4. The van der Waals surface area contributed by atoms with Crippen LogP contribution in [0.25, 0.3) is 0 Å². The molecule has 0 radical (unpaired) electrons. The van der Waals surface area contributed by atoms with Crippen LogP contribution in [0.1, 0.15) is 20.3 Å². The molecular weight excluding hydrogens is 288 g/mol. The topological polar surface area (TPSA) is 40.6 Å². The summed E-state index contributed by atoms with van der Waals surface area (Å²) in [6.07, 6.45) is 1.12. The first-order valence-electron chi connectivity index (χ1n) is 5.55. The number of carbonyl (C=O) groups is 2. The summed E-state index contributed by atoms with van der Waals surface area (Å²) in [7, 11) is 2.06. The fourth-order valence-corrected chi connectivity index (χ4v) is 1.97. The van der Waals surface area contributed by atoms with Gasteiger partial charge in [-0.3, -0.25) is 0 Å². The van der Waals surface area contributed by atoms with Crippen LogP contribution in [-0.4, -0.2) is 59.5 Å². The monoisotopic (exact) mass is 311 g/mol. The molecule has 0 amide bonds. The van der Waals surface area contributed by atoms with Gasteiger partial charge in [-0.1, -0.05) is 0 Å². The maximum atomic E-state index is 11.0. The summed E-state index contributed by atoms with van der Waals surface area (Å²) >= 11 is 1.49. The van der Waals surface area contributed by atoms with Crippen molar-refractivity contribution in [3.05, 3.63) is 0 Å². The number of Topliss-reactive ketones (excluding diaryl/α,β-unsaturated/α-hetero) is 1. The summed E-state index contributed by atoms with van der Waals surface area (Å²) in [5.74, 6) is 0.112. The molecule has 0 atom stereocenters. The van der Waals surface area contributed by atoms with Crippen molar-refractivity contribution >= 4 is 9.96 Å². The Morgan fingerprint density at radius 2 is 1.75 bits per heavy atom. The van der Waals surface area contributed by atoms with E-state index in [2.05, 4.69) is 18.9 Å². The van der Waals surface area contributed by atoms with E-state index in [4.69, 9.17) is 0 Å². The molecule has 0 aliphatic rings. The molecule has 0 saturated heterocycles. The van der Waals surface area contributed by atoms with E-state index in [9.17, 15) is 9.59 Å². The number of nitrogens with zero attached hydrogens (tertiary/aromatic N) is 2. The van der Waals surface area contributed by atoms with Gasteiger partial charge in [-0.15, -0.1) is 0 Å². The van der Waals surface area contributed by atoms with Crippen LogP contribution in [0.3, 0.4) is 0 Å². The average Bonchev–Trinajstić information content (AvgIpc) is 2.13. The molecule has 0 aliphatic carbocycles. The summed E-state index contributed by atoms with van der Waals surface area (Å²) in [6, 6.07) is 0. The average molecular weight is 309 g/mol. The fraction of sp³-hybridized carbons (Fsp3) is 0.818. The Bertz CT molecular complexity index is 218. The van der Waals surface area contributed by atoms with Gasteiger partial charge < -0.3 is 0 Å². The summed E-state index contributed by atoms with van der Waals surface area (Å²) in [4.78, 5) is 26.2. The zero-order valence-electron chi connectivity index (χ0n) is 10.4. The molecule has 0 saturated carbocycles. The molecule has 5 heteroatoms. The normalized spacial score (nSPS) is 11.1. The van der Waals surface area contributed by atoms with Gasteiger partial charge in [0.2, 0.25) is 0 Å². The Kier molecular flexibility index (Phi) is 9.00. The Labute approximate surface area is 109 Å². The molecule has 16 heavy (non-hydrogen) atoms. The first-order chi connectivity index (χ1) is 7.45. The zero-order chi connectivity index (χ0) is 12.6. The molecule has 4 nitrogen and oxygen atoms in total. The van der Waals surface area contributed by atoms with Crippen LogP contribution in [0.2, 0.25) is 0 Å². The molecule has 0 bridgehead atoms. The summed E-state index contributed by atoms with van der Waals surface area (Å²) in [6.45, 7) is 7.18. The van der Waals surface area contributed by atoms with Crippen molar-refractivity contribution in [1.82, 2.24) is 9.80 Å². The van der Waals surface area contributed by atoms with E-state index >= 15 is 0 Å². The van der Waals surface area contributed by atoms with Crippen molar-refractivity contribution in [3.63, 3.8) is 0 Å². The van der Waals surface area contributed by atoms with Gasteiger partial charge in [0.15, 0.2) is 0 Å². The van der Waals surface area contributed by atoms with Crippen molar-refractivity contribution < 1.29 is 29.4 Å².